The van der Waals surface area contributed by atoms with E-state index in [1.54, 1.807) is 7.11 Å². The van der Waals surface area contributed by atoms with Crippen LogP contribution in [0.5, 0.6) is 17.4 Å². The van der Waals surface area contributed by atoms with E-state index in [9.17, 15) is 4.79 Å². The van der Waals surface area contributed by atoms with Crippen LogP contribution in [0, 0.1) is 0 Å². The summed E-state index contributed by atoms with van der Waals surface area (Å²) in [5.74, 6) is 0.755. The first-order chi connectivity index (χ1) is 16.1. The molecule has 0 saturated carbocycles. The van der Waals surface area contributed by atoms with Gasteiger partial charge in [0.1, 0.15) is 30.4 Å². The number of hydrogen-bond donors (Lipinski definition) is 1. The Labute approximate surface area is 191 Å². The Balaban J connectivity index is 1.40. The second-order valence-electron chi connectivity index (χ2n) is 7.35. The highest BCUT2D eigenvalue weighted by molar-refractivity contribution is 5.88. The molecule has 1 amide bonds. The van der Waals surface area contributed by atoms with Crippen LogP contribution in [-0.2, 0) is 19.6 Å². The van der Waals surface area contributed by atoms with E-state index in [1.165, 1.54) is 0 Å². The molecule has 4 rings (SSSR count). The number of nitrogens with zero attached hydrogens (tertiary/aromatic N) is 1. The number of hydrogen-bond acceptors (Lipinski definition) is 6. The molecular formula is C26H24N2O5. The molecule has 0 atom stereocenters. The molecule has 1 heterocycles. The second kappa shape index (κ2) is 10.4. The number of benzene rings is 3. The summed E-state index contributed by atoms with van der Waals surface area (Å²) in [7, 11) is 1.61. The zero-order valence-electron chi connectivity index (χ0n) is 18.2. The van der Waals surface area contributed by atoms with Crippen LogP contribution in [0.3, 0.4) is 0 Å². The van der Waals surface area contributed by atoms with E-state index in [4.69, 9.17) is 24.4 Å². The van der Waals surface area contributed by atoms with Crippen LogP contribution in [0.15, 0.2) is 83.3 Å². The van der Waals surface area contributed by atoms with E-state index in [0.717, 1.165) is 28.2 Å². The van der Waals surface area contributed by atoms with Crippen molar-refractivity contribution in [2.24, 2.45) is 5.73 Å². The predicted molar refractivity (Wildman–Crippen MR) is 122 cm³/mol. The number of oxazole rings is 1. The van der Waals surface area contributed by atoms with Crippen molar-refractivity contribution in [1.29, 1.82) is 0 Å². The molecule has 0 aliphatic heterocycles. The fourth-order valence-corrected chi connectivity index (χ4v) is 3.18. The number of carbonyl (C=O) groups is 1. The summed E-state index contributed by atoms with van der Waals surface area (Å²) < 4.78 is 22.3. The first kappa shape index (κ1) is 22.0. The van der Waals surface area contributed by atoms with Crippen molar-refractivity contribution in [3.63, 3.8) is 0 Å². The number of primary amides is 1. The predicted octanol–water partition coefficient (Wildman–Crippen LogP) is 4.53. The summed E-state index contributed by atoms with van der Waals surface area (Å²) in [5.41, 5.74) is 8.81. The van der Waals surface area contributed by atoms with Gasteiger partial charge in [0.2, 0.25) is 0 Å². The topological polar surface area (TPSA) is 96.8 Å². The molecule has 0 unspecified atom stereocenters. The molecule has 3 aromatic carbocycles. The van der Waals surface area contributed by atoms with Gasteiger partial charge in [-0.2, -0.15) is 0 Å². The number of carbonyl (C=O) groups excluding carboxylic acids is 1. The van der Waals surface area contributed by atoms with Gasteiger partial charge < -0.3 is 24.4 Å². The molecule has 0 bridgehead atoms. The molecule has 0 fully saturated rings. The number of ether oxygens (including phenoxy) is 3. The Morgan fingerprint density at radius 2 is 1.42 bits per heavy atom. The molecule has 0 radical (unpaired) electrons. The Hall–Kier alpha value is -4.26. The SMILES string of the molecule is COc1ccc(Cc2nc(C(N)=O)oc2OCc2ccc(OCc3ccccc3)cc2)cc1. The van der Waals surface area contributed by atoms with Crippen LogP contribution in [0.4, 0.5) is 0 Å². The smallest absolute Gasteiger partial charge is 0.309 e. The Bertz CT molecular complexity index is 1190. The van der Waals surface area contributed by atoms with Gasteiger partial charge in [0.05, 0.1) is 7.11 Å². The van der Waals surface area contributed by atoms with Crippen LogP contribution >= 0.6 is 0 Å². The molecule has 168 valence electrons. The number of amides is 1. The molecule has 7 nitrogen and oxygen atoms in total. The number of nitrogens with two attached hydrogens (primary N) is 1. The van der Waals surface area contributed by atoms with Crippen LogP contribution in [0.2, 0.25) is 0 Å². The third-order valence-corrected chi connectivity index (χ3v) is 4.94. The van der Waals surface area contributed by atoms with Gasteiger partial charge in [-0.05, 0) is 41.0 Å². The second-order valence-corrected chi connectivity index (χ2v) is 7.35. The van der Waals surface area contributed by atoms with Gasteiger partial charge >= 0.3 is 11.9 Å². The highest BCUT2D eigenvalue weighted by Gasteiger charge is 2.19. The monoisotopic (exact) mass is 444 g/mol. The van der Waals surface area contributed by atoms with Gasteiger partial charge in [-0.25, -0.2) is 4.98 Å². The van der Waals surface area contributed by atoms with Crippen molar-refractivity contribution in [3.8, 4) is 17.4 Å². The lowest BCUT2D eigenvalue weighted by atomic mass is 10.1. The Morgan fingerprint density at radius 3 is 2.09 bits per heavy atom. The standard InChI is InChI=1S/C26H24N2O5/c1-30-21-11-7-18(8-12-21)15-23-26(33-25(28-23)24(27)29)32-17-20-9-13-22(14-10-20)31-16-19-5-3-2-4-6-19/h2-14H,15-17H2,1H3,(H2,27,29). The van der Waals surface area contributed by atoms with Gasteiger partial charge in [-0.1, -0.05) is 54.6 Å². The number of methoxy groups -OCH3 is 1. The molecule has 7 heteroatoms. The fourth-order valence-electron chi connectivity index (χ4n) is 3.18. The third kappa shape index (κ3) is 5.92. The lowest BCUT2D eigenvalue weighted by Crippen LogP contribution is -2.11. The van der Waals surface area contributed by atoms with Crippen molar-refractivity contribution in [2.45, 2.75) is 19.6 Å². The van der Waals surface area contributed by atoms with Gasteiger partial charge in [0.15, 0.2) is 0 Å². The average Bonchev–Trinajstić information content (AvgIpc) is 3.26. The van der Waals surface area contributed by atoms with E-state index in [1.807, 2.05) is 78.9 Å². The minimum absolute atomic E-state index is 0.170. The quantitative estimate of drug-likeness (QED) is 0.386. The van der Waals surface area contributed by atoms with Crippen LogP contribution in [0.25, 0.3) is 0 Å². The van der Waals surface area contributed by atoms with E-state index < -0.39 is 5.91 Å². The normalized spacial score (nSPS) is 10.6. The zero-order valence-corrected chi connectivity index (χ0v) is 18.2. The van der Waals surface area contributed by atoms with E-state index in [0.29, 0.717) is 18.7 Å². The molecule has 0 spiro atoms. The van der Waals surface area contributed by atoms with Crippen LogP contribution in [0.1, 0.15) is 33.1 Å². The molecular weight excluding hydrogens is 420 g/mol. The zero-order chi connectivity index (χ0) is 23.0. The summed E-state index contributed by atoms with van der Waals surface area (Å²) in [6.45, 7) is 0.737. The fraction of sp³-hybridized carbons (Fsp3) is 0.154. The highest BCUT2D eigenvalue weighted by atomic mass is 16.6. The maximum absolute atomic E-state index is 11.6. The number of rotatable bonds is 10. The Kier molecular flexibility index (Phi) is 6.90. The third-order valence-electron chi connectivity index (χ3n) is 4.94. The summed E-state index contributed by atoms with van der Waals surface area (Å²) in [6.07, 6.45) is 0.419. The number of aromatic nitrogens is 1. The van der Waals surface area contributed by atoms with Gasteiger partial charge in [0, 0.05) is 6.42 Å². The Morgan fingerprint density at radius 1 is 0.818 bits per heavy atom. The molecule has 1 aromatic heterocycles. The first-order valence-corrected chi connectivity index (χ1v) is 10.4. The lowest BCUT2D eigenvalue weighted by molar-refractivity contribution is 0.0957. The summed E-state index contributed by atoms with van der Waals surface area (Å²) >= 11 is 0. The lowest BCUT2D eigenvalue weighted by Gasteiger charge is -2.08. The van der Waals surface area contributed by atoms with Crippen molar-refractivity contribution in [2.75, 3.05) is 7.11 Å². The highest BCUT2D eigenvalue weighted by Crippen LogP contribution is 2.25. The maximum atomic E-state index is 11.6. The van der Waals surface area contributed by atoms with Crippen molar-refractivity contribution in [3.05, 3.63) is 107 Å². The molecule has 0 aliphatic rings. The van der Waals surface area contributed by atoms with Gasteiger partial charge in [-0.15, -0.1) is 0 Å². The van der Waals surface area contributed by atoms with Crippen LogP contribution in [-0.4, -0.2) is 18.0 Å². The first-order valence-electron chi connectivity index (χ1n) is 10.4. The van der Waals surface area contributed by atoms with Gasteiger partial charge in [-0.3, -0.25) is 4.79 Å². The van der Waals surface area contributed by atoms with E-state index in [2.05, 4.69) is 4.98 Å². The van der Waals surface area contributed by atoms with E-state index >= 15 is 0 Å². The van der Waals surface area contributed by atoms with E-state index in [-0.39, 0.29) is 18.4 Å². The minimum atomic E-state index is -0.749. The van der Waals surface area contributed by atoms with Crippen molar-refractivity contribution in [1.82, 2.24) is 4.98 Å². The summed E-state index contributed by atoms with van der Waals surface area (Å²) in [6, 6.07) is 25.1. The largest absolute Gasteiger partial charge is 0.497 e. The van der Waals surface area contributed by atoms with Crippen molar-refractivity contribution < 1.29 is 23.4 Å². The van der Waals surface area contributed by atoms with Gasteiger partial charge in [0.25, 0.3) is 5.89 Å². The van der Waals surface area contributed by atoms with Crippen LogP contribution < -0.4 is 19.9 Å². The molecule has 2 N–H and O–H groups in total. The maximum Gasteiger partial charge on any atom is 0.309 e. The summed E-state index contributed by atoms with van der Waals surface area (Å²) in [4.78, 5) is 15.8. The van der Waals surface area contributed by atoms with Crippen molar-refractivity contribution >= 4 is 5.91 Å². The minimum Gasteiger partial charge on any atom is -0.497 e. The molecule has 4 aromatic rings. The summed E-state index contributed by atoms with van der Waals surface area (Å²) in [5, 5.41) is 0. The average molecular weight is 444 g/mol. The molecule has 0 saturated heterocycles. The molecule has 0 aliphatic carbocycles. The molecule has 33 heavy (non-hydrogen) atoms.